The number of alkyl halides is 1. The Morgan fingerprint density at radius 1 is 1.29 bits per heavy atom. The second kappa shape index (κ2) is 5.71. The lowest BCUT2D eigenvalue weighted by atomic mass is 9.84. The van der Waals surface area contributed by atoms with Crippen LogP contribution in [-0.2, 0) is 0 Å². The summed E-state index contributed by atoms with van der Waals surface area (Å²) in [6.07, 6.45) is 6.41. The average molecular weight is 320 g/mol. The number of aryl methyl sites for hydroxylation is 1. The molecule has 1 aliphatic rings. The third kappa shape index (κ3) is 3.03. The van der Waals surface area contributed by atoms with E-state index in [4.69, 9.17) is 11.6 Å². The summed E-state index contributed by atoms with van der Waals surface area (Å²) < 4.78 is 13.4. The molecule has 3 heteroatoms. The second-order valence-electron chi connectivity index (χ2n) is 4.92. The maximum atomic E-state index is 13.4. The molecular formula is C14H17BrClF. The molecule has 0 heterocycles. The van der Waals surface area contributed by atoms with Gasteiger partial charge in [-0.2, -0.15) is 0 Å². The Morgan fingerprint density at radius 3 is 2.59 bits per heavy atom. The molecule has 0 N–H and O–H groups in total. The number of halogens is 3. The maximum absolute atomic E-state index is 13.4. The normalized spacial score (nSPS) is 19.3. The molecule has 2 rings (SSSR count). The summed E-state index contributed by atoms with van der Waals surface area (Å²) in [6, 6.07) is 3.31. The molecule has 1 atom stereocenters. The molecule has 0 spiro atoms. The first-order valence-electron chi connectivity index (χ1n) is 6.19. The van der Waals surface area contributed by atoms with E-state index in [0.717, 1.165) is 5.56 Å². The summed E-state index contributed by atoms with van der Waals surface area (Å²) in [7, 11) is 0. The van der Waals surface area contributed by atoms with Crippen LogP contribution in [0, 0.1) is 18.7 Å². The van der Waals surface area contributed by atoms with Crippen LogP contribution in [-0.4, -0.2) is 0 Å². The molecule has 0 radical (unpaired) electrons. The van der Waals surface area contributed by atoms with E-state index in [0.29, 0.717) is 16.5 Å². The fraction of sp³-hybridized carbons (Fsp3) is 0.571. The fourth-order valence-corrected chi connectivity index (χ4v) is 3.88. The van der Waals surface area contributed by atoms with Gasteiger partial charge >= 0.3 is 0 Å². The molecule has 1 unspecified atom stereocenters. The second-order valence-corrected chi connectivity index (χ2v) is 6.32. The predicted molar refractivity (Wildman–Crippen MR) is 74.4 cm³/mol. The summed E-state index contributed by atoms with van der Waals surface area (Å²) in [5.41, 5.74) is 1.71. The van der Waals surface area contributed by atoms with E-state index in [9.17, 15) is 4.39 Å². The van der Waals surface area contributed by atoms with Crippen LogP contribution in [0.3, 0.4) is 0 Å². The lowest BCUT2D eigenvalue weighted by Crippen LogP contribution is -2.12. The Hall–Kier alpha value is -0.0800. The van der Waals surface area contributed by atoms with Crippen LogP contribution in [0.1, 0.15) is 48.1 Å². The van der Waals surface area contributed by atoms with E-state index in [1.807, 2.05) is 6.07 Å². The minimum Gasteiger partial charge on any atom is -0.207 e. The molecular weight excluding hydrogens is 303 g/mol. The molecule has 94 valence electrons. The van der Waals surface area contributed by atoms with E-state index in [1.54, 1.807) is 6.92 Å². The van der Waals surface area contributed by atoms with E-state index < -0.39 is 0 Å². The van der Waals surface area contributed by atoms with Crippen LogP contribution in [0.2, 0.25) is 5.02 Å². The number of benzene rings is 1. The minimum atomic E-state index is -0.220. The first-order chi connectivity index (χ1) is 8.09. The van der Waals surface area contributed by atoms with Gasteiger partial charge in [0.15, 0.2) is 0 Å². The van der Waals surface area contributed by atoms with Gasteiger partial charge in [0.2, 0.25) is 0 Å². The largest absolute Gasteiger partial charge is 0.207 e. The smallest absolute Gasteiger partial charge is 0.127 e. The van der Waals surface area contributed by atoms with Crippen molar-refractivity contribution < 1.29 is 4.39 Å². The molecule has 1 saturated carbocycles. The standard InChI is InChI=1S/C14H17BrClF/c1-9-7-11(12(16)8-13(9)17)14(15)10-5-3-2-4-6-10/h7-8,10,14H,2-6H2,1H3. The van der Waals surface area contributed by atoms with Crippen molar-refractivity contribution >= 4 is 27.5 Å². The Kier molecular flexibility index (Phi) is 4.48. The Bertz CT molecular complexity index is 399. The molecule has 1 aromatic carbocycles. The van der Waals surface area contributed by atoms with Gasteiger partial charge in [0, 0.05) is 9.85 Å². The first-order valence-corrected chi connectivity index (χ1v) is 7.48. The highest BCUT2D eigenvalue weighted by Crippen LogP contribution is 2.42. The van der Waals surface area contributed by atoms with Crippen LogP contribution in [0.4, 0.5) is 4.39 Å². The van der Waals surface area contributed by atoms with Gasteiger partial charge in [-0.15, -0.1) is 0 Å². The third-order valence-corrected chi connectivity index (χ3v) is 5.21. The average Bonchev–Trinajstić information content (AvgIpc) is 2.34. The van der Waals surface area contributed by atoms with E-state index in [2.05, 4.69) is 15.9 Å². The van der Waals surface area contributed by atoms with Crippen molar-refractivity contribution in [2.45, 2.75) is 43.9 Å². The first kappa shape index (κ1) is 13.4. The van der Waals surface area contributed by atoms with Crippen molar-refractivity contribution in [1.82, 2.24) is 0 Å². The lowest BCUT2D eigenvalue weighted by molar-refractivity contribution is 0.354. The molecule has 0 aromatic heterocycles. The highest BCUT2D eigenvalue weighted by molar-refractivity contribution is 9.09. The topological polar surface area (TPSA) is 0 Å². The lowest BCUT2D eigenvalue weighted by Gasteiger charge is -2.27. The molecule has 1 fully saturated rings. The summed E-state index contributed by atoms with van der Waals surface area (Å²) in [5, 5.41) is 0.542. The minimum absolute atomic E-state index is 0.220. The monoisotopic (exact) mass is 318 g/mol. The van der Waals surface area contributed by atoms with Gasteiger partial charge in [0.1, 0.15) is 5.82 Å². The molecule has 0 aliphatic heterocycles. The number of hydrogen-bond donors (Lipinski definition) is 0. The van der Waals surface area contributed by atoms with Gasteiger partial charge in [-0.3, -0.25) is 0 Å². The van der Waals surface area contributed by atoms with Gasteiger partial charge in [0.05, 0.1) is 0 Å². The summed E-state index contributed by atoms with van der Waals surface area (Å²) in [4.78, 5) is 0.259. The highest BCUT2D eigenvalue weighted by atomic mass is 79.9. The van der Waals surface area contributed by atoms with Gasteiger partial charge in [-0.1, -0.05) is 52.9 Å². The van der Waals surface area contributed by atoms with Crippen molar-refractivity contribution in [3.63, 3.8) is 0 Å². The molecule has 0 amide bonds. The van der Waals surface area contributed by atoms with Crippen molar-refractivity contribution in [3.8, 4) is 0 Å². The number of rotatable bonds is 2. The van der Waals surface area contributed by atoms with Gasteiger partial charge in [-0.25, -0.2) is 4.39 Å². The van der Waals surface area contributed by atoms with Gasteiger partial charge < -0.3 is 0 Å². The van der Waals surface area contributed by atoms with Crippen molar-refractivity contribution in [2.75, 3.05) is 0 Å². The zero-order chi connectivity index (χ0) is 12.4. The van der Waals surface area contributed by atoms with Crippen LogP contribution in [0.25, 0.3) is 0 Å². The maximum Gasteiger partial charge on any atom is 0.127 e. The Labute approximate surface area is 116 Å². The summed E-state index contributed by atoms with van der Waals surface area (Å²) in [6.45, 7) is 1.79. The van der Waals surface area contributed by atoms with Crippen LogP contribution in [0.15, 0.2) is 12.1 Å². The van der Waals surface area contributed by atoms with E-state index >= 15 is 0 Å². The van der Waals surface area contributed by atoms with Crippen molar-refractivity contribution in [3.05, 3.63) is 34.1 Å². The Morgan fingerprint density at radius 2 is 1.94 bits per heavy atom. The zero-order valence-electron chi connectivity index (χ0n) is 9.98. The van der Waals surface area contributed by atoms with Crippen LogP contribution >= 0.6 is 27.5 Å². The molecule has 1 aromatic rings. The number of hydrogen-bond acceptors (Lipinski definition) is 0. The molecule has 0 nitrogen and oxygen atoms in total. The fourth-order valence-electron chi connectivity index (χ4n) is 2.57. The predicted octanol–water partition coefficient (Wildman–Crippen LogP) is 5.80. The third-order valence-electron chi connectivity index (χ3n) is 3.64. The SMILES string of the molecule is Cc1cc(C(Br)C2CCCCC2)c(Cl)cc1F. The quantitative estimate of drug-likeness (QED) is 0.604. The van der Waals surface area contributed by atoms with E-state index in [1.165, 1.54) is 38.2 Å². The van der Waals surface area contributed by atoms with Crippen LogP contribution in [0.5, 0.6) is 0 Å². The van der Waals surface area contributed by atoms with Crippen molar-refractivity contribution in [1.29, 1.82) is 0 Å². The molecule has 0 saturated heterocycles. The molecule has 0 bridgehead atoms. The van der Waals surface area contributed by atoms with Gasteiger partial charge in [0.25, 0.3) is 0 Å². The highest BCUT2D eigenvalue weighted by Gasteiger charge is 2.24. The summed E-state index contributed by atoms with van der Waals surface area (Å²) >= 11 is 9.90. The summed E-state index contributed by atoms with van der Waals surface area (Å²) in [5.74, 6) is 0.410. The molecule has 1 aliphatic carbocycles. The van der Waals surface area contributed by atoms with Gasteiger partial charge in [-0.05, 0) is 42.9 Å². The van der Waals surface area contributed by atoms with Crippen molar-refractivity contribution in [2.24, 2.45) is 5.92 Å². The zero-order valence-corrected chi connectivity index (χ0v) is 12.3. The molecule has 17 heavy (non-hydrogen) atoms. The van der Waals surface area contributed by atoms with E-state index in [-0.39, 0.29) is 10.6 Å². The van der Waals surface area contributed by atoms with Crippen LogP contribution < -0.4 is 0 Å². The Balaban J connectivity index is 2.23.